The van der Waals surface area contributed by atoms with E-state index in [4.69, 9.17) is 18.4 Å². The lowest BCUT2D eigenvalue weighted by Gasteiger charge is -2.02. The van der Waals surface area contributed by atoms with Crippen molar-refractivity contribution in [1.29, 1.82) is 0 Å². The van der Waals surface area contributed by atoms with E-state index >= 15 is 0 Å². The second-order valence-corrected chi connectivity index (χ2v) is 6.86. The lowest BCUT2D eigenvalue weighted by molar-refractivity contribution is 0.0430. The van der Waals surface area contributed by atoms with Crippen LogP contribution >= 0.6 is 0 Å². The van der Waals surface area contributed by atoms with Crippen molar-refractivity contribution in [3.05, 3.63) is 71.6 Å². The van der Waals surface area contributed by atoms with Crippen molar-refractivity contribution in [1.82, 2.24) is 5.16 Å². The van der Waals surface area contributed by atoms with Gasteiger partial charge in [-0.25, -0.2) is 4.79 Å². The Balaban J connectivity index is 1.28. The van der Waals surface area contributed by atoms with E-state index in [1.54, 1.807) is 18.2 Å². The molecule has 1 aliphatic heterocycles. The molecule has 2 aromatic carbocycles. The number of aromatic nitrogens is 1. The Bertz CT molecular complexity index is 1140. The number of esters is 1. The molecular formula is C22H17NO5. The van der Waals surface area contributed by atoms with Crippen LogP contribution in [0.3, 0.4) is 0 Å². The van der Waals surface area contributed by atoms with Crippen molar-refractivity contribution < 1.29 is 23.2 Å². The summed E-state index contributed by atoms with van der Waals surface area (Å²) in [5, 5.41) is 4.85. The second-order valence-electron chi connectivity index (χ2n) is 6.86. The predicted molar refractivity (Wildman–Crippen MR) is 101 cm³/mol. The van der Waals surface area contributed by atoms with E-state index in [1.807, 2.05) is 43.3 Å². The molecule has 1 atom stereocenters. The van der Waals surface area contributed by atoms with E-state index < -0.39 is 5.97 Å². The van der Waals surface area contributed by atoms with Crippen molar-refractivity contribution in [2.45, 2.75) is 26.1 Å². The molecule has 28 heavy (non-hydrogen) atoms. The molecule has 0 fully saturated rings. The van der Waals surface area contributed by atoms with Crippen LogP contribution in [-0.4, -0.2) is 17.2 Å². The first-order valence-corrected chi connectivity index (χ1v) is 9.07. The third kappa shape index (κ3) is 3.03. The highest BCUT2D eigenvalue weighted by atomic mass is 16.5. The molecule has 0 aliphatic carbocycles. The highest BCUT2D eigenvalue weighted by molar-refractivity contribution is 5.92. The minimum atomic E-state index is -0.538. The maximum Gasteiger partial charge on any atom is 0.374 e. The molecule has 6 nitrogen and oxygen atoms in total. The minimum Gasteiger partial charge on any atom is -0.490 e. The Hall–Kier alpha value is -3.54. The van der Waals surface area contributed by atoms with Crippen molar-refractivity contribution in [3.63, 3.8) is 0 Å². The molecule has 5 rings (SSSR count). The average Bonchev–Trinajstić information content (AvgIpc) is 3.42. The van der Waals surface area contributed by atoms with Gasteiger partial charge in [-0.15, -0.1) is 0 Å². The Morgan fingerprint density at radius 3 is 2.96 bits per heavy atom. The van der Waals surface area contributed by atoms with Gasteiger partial charge in [0.15, 0.2) is 5.76 Å². The van der Waals surface area contributed by atoms with Crippen molar-refractivity contribution in [3.8, 4) is 17.1 Å². The predicted octanol–water partition coefficient (Wildman–Crippen LogP) is 4.77. The number of carbonyl (C=O) groups excluding carboxylic acids is 1. The average molecular weight is 375 g/mol. The van der Waals surface area contributed by atoms with E-state index in [1.165, 1.54) is 0 Å². The summed E-state index contributed by atoms with van der Waals surface area (Å²) >= 11 is 0. The molecule has 1 aliphatic rings. The number of benzene rings is 2. The van der Waals surface area contributed by atoms with Gasteiger partial charge >= 0.3 is 5.97 Å². The molecule has 0 radical (unpaired) electrons. The molecule has 0 saturated heterocycles. The van der Waals surface area contributed by atoms with Crippen molar-refractivity contribution >= 4 is 16.9 Å². The van der Waals surface area contributed by atoms with Crippen molar-refractivity contribution in [2.24, 2.45) is 0 Å². The summed E-state index contributed by atoms with van der Waals surface area (Å²) in [6.07, 6.45) is 1.06. The first kappa shape index (κ1) is 16.6. The van der Waals surface area contributed by atoms with Crippen molar-refractivity contribution in [2.75, 3.05) is 0 Å². The smallest absolute Gasteiger partial charge is 0.374 e. The molecule has 4 aromatic rings. The molecular weight excluding hydrogens is 358 g/mol. The fraction of sp³-hybridized carbons (Fsp3) is 0.182. The molecule has 1 unspecified atom stereocenters. The third-order valence-corrected chi connectivity index (χ3v) is 4.72. The topological polar surface area (TPSA) is 74.7 Å². The van der Waals surface area contributed by atoms with Crippen LogP contribution in [0.25, 0.3) is 22.3 Å². The number of fused-ring (bicyclic) bond motifs is 2. The Morgan fingerprint density at radius 1 is 1.18 bits per heavy atom. The lowest BCUT2D eigenvalue weighted by Crippen LogP contribution is -2.05. The number of hydrogen-bond acceptors (Lipinski definition) is 6. The zero-order valence-electron chi connectivity index (χ0n) is 15.2. The number of furan rings is 1. The molecule has 0 saturated carbocycles. The van der Waals surface area contributed by atoms with Gasteiger partial charge in [0, 0.05) is 23.4 Å². The molecule has 0 amide bonds. The zero-order chi connectivity index (χ0) is 19.1. The molecule has 0 N–H and O–H groups in total. The molecule has 3 heterocycles. The first-order chi connectivity index (χ1) is 13.7. The number of para-hydroxylation sites is 1. The number of nitrogens with zero attached hydrogens (tertiary/aromatic N) is 1. The van der Waals surface area contributed by atoms with Crippen LogP contribution in [0.5, 0.6) is 5.75 Å². The first-order valence-electron chi connectivity index (χ1n) is 9.07. The molecule has 2 aromatic heterocycles. The van der Waals surface area contributed by atoms with Crippen LogP contribution in [0.15, 0.2) is 63.5 Å². The van der Waals surface area contributed by atoms with Gasteiger partial charge in [0.05, 0.1) is 0 Å². The highest BCUT2D eigenvalue weighted by Gasteiger charge is 2.20. The van der Waals surface area contributed by atoms with E-state index in [2.05, 4.69) is 5.16 Å². The normalized spacial score (nSPS) is 15.4. The maximum absolute atomic E-state index is 12.2. The number of carbonyl (C=O) groups is 1. The molecule has 0 spiro atoms. The second kappa shape index (κ2) is 6.56. The van der Waals surface area contributed by atoms with Gasteiger partial charge in [0.1, 0.15) is 29.7 Å². The third-order valence-electron chi connectivity index (χ3n) is 4.72. The SMILES string of the molecule is CC1Cc2cc(-c3cc(COC(=O)c4cc5ccccc5o4)no3)ccc2O1. The van der Waals surface area contributed by atoms with Gasteiger partial charge in [0.25, 0.3) is 0 Å². The Labute approximate surface area is 160 Å². The van der Waals surface area contributed by atoms with E-state index in [-0.39, 0.29) is 18.5 Å². The number of ether oxygens (including phenoxy) is 2. The van der Waals surface area contributed by atoms with E-state index in [0.717, 1.165) is 28.7 Å². The monoisotopic (exact) mass is 375 g/mol. The fourth-order valence-electron chi connectivity index (χ4n) is 3.38. The van der Waals surface area contributed by atoms with Crippen LogP contribution < -0.4 is 4.74 Å². The lowest BCUT2D eigenvalue weighted by atomic mass is 10.1. The zero-order valence-corrected chi connectivity index (χ0v) is 15.2. The van der Waals surface area contributed by atoms with Crippen LogP contribution in [0, 0.1) is 0 Å². The largest absolute Gasteiger partial charge is 0.490 e. The van der Waals surface area contributed by atoms with Crippen LogP contribution in [0.1, 0.15) is 28.7 Å². The van der Waals surface area contributed by atoms with Crippen LogP contribution in [-0.2, 0) is 17.8 Å². The maximum atomic E-state index is 12.2. The van der Waals surface area contributed by atoms with E-state index in [0.29, 0.717) is 17.0 Å². The molecule has 6 heteroatoms. The number of hydrogen-bond donors (Lipinski definition) is 0. The summed E-state index contributed by atoms with van der Waals surface area (Å²) in [5.41, 5.74) is 3.25. The van der Waals surface area contributed by atoms with Gasteiger partial charge in [0.2, 0.25) is 5.76 Å². The van der Waals surface area contributed by atoms with Crippen LogP contribution in [0.4, 0.5) is 0 Å². The summed E-state index contributed by atoms with van der Waals surface area (Å²) in [5.74, 6) is 1.16. The summed E-state index contributed by atoms with van der Waals surface area (Å²) in [7, 11) is 0. The fourth-order valence-corrected chi connectivity index (χ4v) is 3.38. The standard InChI is InChI=1S/C22H17NO5/c1-13-8-16-9-15(6-7-19(16)26-13)20-11-17(23-28-20)12-25-22(24)21-10-14-4-2-3-5-18(14)27-21/h2-7,9-11,13H,8,12H2,1H3. The van der Waals surface area contributed by atoms with Gasteiger partial charge in [-0.3, -0.25) is 0 Å². The van der Waals surface area contributed by atoms with Crippen LogP contribution in [0.2, 0.25) is 0 Å². The summed E-state index contributed by atoms with van der Waals surface area (Å²) < 4.78 is 22.0. The summed E-state index contributed by atoms with van der Waals surface area (Å²) in [6.45, 7) is 2.05. The summed E-state index contributed by atoms with van der Waals surface area (Å²) in [6, 6.07) is 16.8. The van der Waals surface area contributed by atoms with Gasteiger partial charge in [-0.2, -0.15) is 0 Å². The van der Waals surface area contributed by atoms with Gasteiger partial charge in [-0.1, -0.05) is 23.4 Å². The quantitative estimate of drug-likeness (QED) is 0.479. The number of rotatable bonds is 4. The molecule has 140 valence electrons. The molecule has 0 bridgehead atoms. The van der Waals surface area contributed by atoms with Gasteiger partial charge in [-0.05, 0) is 42.8 Å². The Kier molecular flexibility index (Phi) is 3.90. The minimum absolute atomic E-state index is 0.00443. The summed E-state index contributed by atoms with van der Waals surface area (Å²) in [4.78, 5) is 12.2. The van der Waals surface area contributed by atoms with Gasteiger partial charge < -0.3 is 18.4 Å². The highest BCUT2D eigenvalue weighted by Crippen LogP contribution is 2.33. The Morgan fingerprint density at radius 2 is 2.07 bits per heavy atom. The van der Waals surface area contributed by atoms with E-state index in [9.17, 15) is 4.79 Å².